The molecule has 5 aromatic rings. The molecule has 0 fully saturated rings. The van der Waals surface area contributed by atoms with Crippen molar-refractivity contribution in [3.8, 4) is 28.3 Å². The number of nitrogens with zero attached hydrogens (tertiary/aromatic N) is 5. The van der Waals surface area contributed by atoms with Gasteiger partial charge in [0, 0.05) is 35.1 Å². The second-order valence-electron chi connectivity index (χ2n) is 6.09. The Kier molecular flexibility index (Phi) is 3.68. The van der Waals surface area contributed by atoms with Crippen LogP contribution in [0.4, 0.5) is 0 Å². The number of aromatic nitrogens is 5. The van der Waals surface area contributed by atoms with E-state index in [1.54, 1.807) is 23.3 Å². The lowest BCUT2D eigenvalue weighted by Crippen LogP contribution is -2.01. The molecular formula is C22H14N5. The first kappa shape index (κ1) is 15.4. The smallest absolute Gasteiger partial charge is 0.236 e. The molecular weight excluding hydrogens is 334 g/mol. The van der Waals surface area contributed by atoms with Crippen molar-refractivity contribution in [3.05, 3.63) is 91.6 Å². The van der Waals surface area contributed by atoms with Gasteiger partial charge in [0.05, 0.1) is 5.69 Å². The van der Waals surface area contributed by atoms with Crippen LogP contribution in [0.2, 0.25) is 0 Å². The van der Waals surface area contributed by atoms with Gasteiger partial charge in [-0.3, -0.25) is 4.57 Å². The molecule has 2 aromatic carbocycles. The predicted molar refractivity (Wildman–Crippen MR) is 104 cm³/mol. The lowest BCUT2D eigenvalue weighted by atomic mass is 9.98. The SMILES string of the molecule is [c]1ccc(-c2nc3nc(-n4ccnc4)ncc3cc2-c2ccccc2)cc1. The van der Waals surface area contributed by atoms with Gasteiger partial charge in [-0.05, 0) is 17.7 Å². The van der Waals surface area contributed by atoms with Crippen LogP contribution < -0.4 is 0 Å². The van der Waals surface area contributed by atoms with Crippen LogP contribution in [0.15, 0.2) is 85.6 Å². The summed E-state index contributed by atoms with van der Waals surface area (Å²) in [6, 6.07) is 23.2. The van der Waals surface area contributed by atoms with Gasteiger partial charge in [-0.25, -0.2) is 15.0 Å². The normalized spacial score (nSPS) is 11.0. The molecule has 5 nitrogen and oxygen atoms in total. The van der Waals surface area contributed by atoms with Crippen molar-refractivity contribution >= 4 is 11.0 Å². The van der Waals surface area contributed by atoms with Gasteiger partial charge in [-0.1, -0.05) is 54.6 Å². The van der Waals surface area contributed by atoms with Gasteiger partial charge < -0.3 is 0 Å². The summed E-state index contributed by atoms with van der Waals surface area (Å²) < 4.78 is 1.77. The summed E-state index contributed by atoms with van der Waals surface area (Å²) in [5, 5.41) is 0.893. The highest BCUT2D eigenvalue weighted by atomic mass is 15.2. The Morgan fingerprint density at radius 2 is 1.74 bits per heavy atom. The van der Waals surface area contributed by atoms with Crippen molar-refractivity contribution in [3.63, 3.8) is 0 Å². The molecule has 0 aliphatic carbocycles. The number of rotatable bonds is 3. The van der Waals surface area contributed by atoms with Crippen molar-refractivity contribution in [1.82, 2.24) is 24.5 Å². The average molecular weight is 348 g/mol. The first-order valence-corrected chi connectivity index (χ1v) is 8.56. The van der Waals surface area contributed by atoms with E-state index in [-0.39, 0.29) is 0 Å². The van der Waals surface area contributed by atoms with Crippen molar-refractivity contribution < 1.29 is 0 Å². The highest BCUT2D eigenvalue weighted by molar-refractivity contribution is 5.89. The molecule has 0 spiro atoms. The molecule has 27 heavy (non-hydrogen) atoms. The molecule has 0 aliphatic heterocycles. The zero-order chi connectivity index (χ0) is 18.1. The Morgan fingerprint density at radius 1 is 0.889 bits per heavy atom. The number of imidazole rings is 1. The third-order valence-corrected chi connectivity index (χ3v) is 4.37. The quantitative estimate of drug-likeness (QED) is 0.486. The molecule has 0 N–H and O–H groups in total. The molecule has 5 heteroatoms. The largest absolute Gasteiger partial charge is 0.274 e. The zero-order valence-electron chi connectivity index (χ0n) is 14.3. The van der Waals surface area contributed by atoms with Crippen LogP contribution in [0.3, 0.4) is 0 Å². The number of hydrogen-bond acceptors (Lipinski definition) is 4. The summed E-state index contributed by atoms with van der Waals surface area (Å²) in [7, 11) is 0. The minimum absolute atomic E-state index is 0.548. The van der Waals surface area contributed by atoms with Gasteiger partial charge in [-0.15, -0.1) is 0 Å². The molecule has 0 saturated heterocycles. The maximum absolute atomic E-state index is 4.89. The molecule has 3 heterocycles. The standard InChI is InChI=1S/C22H14N5/c1-3-7-16(8-4-1)19-13-18-14-24-22(27-12-11-23-15-27)26-21(18)25-20(19)17-9-5-2-6-10-17/h1,3-15H. The van der Waals surface area contributed by atoms with Crippen LogP contribution >= 0.6 is 0 Å². The molecule has 0 amide bonds. The van der Waals surface area contributed by atoms with Gasteiger partial charge in [0.1, 0.15) is 6.33 Å². The van der Waals surface area contributed by atoms with Gasteiger partial charge in [0.25, 0.3) is 0 Å². The molecule has 0 bridgehead atoms. The first-order valence-electron chi connectivity index (χ1n) is 8.56. The van der Waals surface area contributed by atoms with E-state index in [2.05, 4.69) is 39.2 Å². The average Bonchev–Trinajstić information content (AvgIpc) is 3.29. The van der Waals surface area contributed by atoms with Crippen LogP contribution in [0.1, 0.15) is 0 Å². The van der Waals surface area contributed by atoms with Crippen molar-refractivity contribution in [2.75, 3.05) is 0 Å². The Labute approximate surface area is 156 Å². The third kappa shape index (κ3) is 2.85. The zero-order valence-corrected chi connectivity index (χ0v) is 14.3. The molecule has 0 unspecified atom stereocenters. The van der Waals surface area contributed by atoms with Crippen molar-refractivity contribution in [1.29, 1.82) is 0 Å². The van der Waals surface area contributed by atoms with Gasteiger partial charge in [0.15, 0.2) is 5.65 Å². The summed E-state index contributed by atoms with van der Waals surface area (Å²) in [6.45, 7) is 0. The Morgan fingerprint density at radius 3 is 2.52 bits per heavy atom. The summed E-state index contributed by atoms with van der Waals surface area (Å²) >= 11 is 0. The van der Waals surface area contributed by atoms with Crippen LogP contribution in [-0.2, 0) is 0 Å². The van der Waals surface area contributed by atoms with Crippen LogP contribution in [-0.4, -0.2) is 24.5 Å². The number of fused-ring (bicyclic) bond motifs is 1. The summed E-state index contributed by atoms with van der Waals surface area (Å²) in [6.07, 6.45) is 6.99. The summed E-state index contributed by atoms with van der Waals surface area (Å²) in [5.41, 5.74) is 4.72. The molecule has 1 radical (unpaired) electrons. The fraction of sp³-hybridized carbons (Fsp3) is 0. The molecule has 3 aromatic heterocycles. The van der Waals surface area contributed by atoms with Gasteiger partial charge in [-0.2, -0.15) is 4.98 Å². The lowest BCUT2D eigenvalue weighted by molar-refractivity contribution is 0.936. The monoisotopic (exact) mass is 348 g/mol. The van der Waals surface area contributed by atoms with Gasteiger partial charge in [0.2, 0.25) is 5.95 Å². The van der Waals surface area contributed by atoms with E-state index < -0.39 is 0 Å². The molecule has 0 saturated carbocycles. The minimum Gasteiger partial charge on any atom is -0.274 e. The fourth-order valence-electron chi connectivity index (χ4n) is 3.06. The van der Waals surface area contributed by atoms with Crippen molar-refractivity contribution in [2.24, 2.45) is 0 Å². The molecule has 0 atom stereocenters. The van der Waals surface area contributed by atoms with E-state index in [1.165, 1.54) is 0 Å². The predicted octanol–water partition coefficient (Wildman–Crippen LogP) is 4.34. The number of hydrogen-bond donors (Lipinski definition) is 0. The first-order chi connectivity index (χ1) is 13.4. The topological polar surface area (TPSA) is 56.5 Å². The summed E-state index contributed by atoms with van der Waals surface area (Å²) in [5.74, 6) is 0.548. The maximum atomic E-state index is 4.89. The van der Waals surface area contributed by atoms with Gasteiger partial charge >= 0.3 is 0 Å². The van der Waals surface area contributed by atoms with E-state index in [0.717, 1.165) is 27.8 Å². The second-order valence-corrected chi connectivity index (χ2v) is 6.09. The van der Waals surface area contributed by atoms with E-state index >= 15 is 0 Å². The van der Waals surface area contributed by atoms with Crippen LogP contribution in [0.25, 0.3) is 39.4 Å². The molecule has 127 valence electrons. The minimum atomic E-state index is 0.548. The molecule has 0 aliphatic rings. The van der Waals surface area contributed by atoms with E-state index in [9.17, 15) is 0 Å². The summed E-state index contributed by atoms with van der Waals surface area (Å²) in [4.78, 5) is 18.0. The lowest BCUT2D eigenvalue weighted by Gasteiger charge is -2.11. The van der Waals surface area contributed by atoms with E-state index in [4.69, 9.17) is 4.98 Å². The van der Waals surface area contributed by atoms with E-state index in [1.807, 2.05) is 48.7 Å². The number of benzene rings is 2. The van der Waals surface area contributed by atoms with E-state index in [0.29, 0.717) is 11.6 Å². The highest BCUT2D eigenvalue weighted by Gasteiger charge is 2.13. The number of pyridine rings is 1. The Hall–Kier alpha value is -3.86. The fourth-order valence-corrected chi connectivity index (χ4v) is 3.06. The maximum Gasteiger partial charge on any atom is 0.236 e. The Bertz CT molecular complexity index is 1200. The van der Waals surface area contributed by atoms with Crippen LogP contribution in [0, 0.1) is 6.07 Å². The highest BCUT2D eigenvalue weighted by Crippen LogP contribution is 2.32. The second kappa shape index (κ2) is 6.46. The molecule has 5 rings (SSSR count). The van der Waals surface area contributed by atoms with Crippen molar-refractivity contribution in [2.45, 2.75) is 0 Å². The van der Waals surface area contributed by atoms with Crippen LogP contribution in [0.5, 0.6) is 0 Å². The third-order valence-electron chi connectivity index (χ3n) is 4.37. The Balaban J connectivity index is 1.77.